The van der Waals surface area contributed by atoms with E-state index in [2.05, 4.69) is 55.6 Å². The molecule has 0 saturated heterocycles. The summed E-state index contributed by atoms with van der Waals surface area (Å²) >= 11 is 0. The van der Waals surface area contributed by atoms with Crippen LogP contribution in [0.5, 0.6) is 0 Å². The molecule has 0 heterocycles. The number of likely N-dealkylation sites (N-methyl/N-ethyl adjacent to an activating group) is 1. The summed E-state index contributed by atoms with van der Waals surface area (Å²) in [5, 5.41) is 13.9. The molecule has 0 spiro atoms. The summed E-state index contributed by atoms with van der Waals surface area (Å²) in [6.45, 7) is 4.81. The summed E-state index contributed by atoms with van der Waals surface area (Å²) in [6.07, 6.45) is 67.9. The van der Waals surface area contributed by atoms with Gasteiger partial charge in [-0.25, -0.2) is 4.57 Å². The number of rotatable bonds is 54. The molecule has 406 valence electrons. The third kappa shape index (κ3) is 54.1. The van der Waals surface area contributed by atoms with Crippen molar-refractivity contribution in [2.75, 3.05) is 40.9 Å². The number of hydrogen-bond donors (Lipinski definition) is 3. The van der Waals surface area contributed by atoms with E-state index in [0.29, 0.717) is 17.4 Å². The third-order valence-electron chi connectivity index (χ3n) is 13.2. The molecule has 0 aliphatic carbocycles. The highest BCUT2D eigenvalue weighted by molar-refractivity contribution is 7.47. The van der Waals surface area contributed by atoms with Gasteiger partial charge >= 0.3 is 7.82 Å². The first-order valence-electron chi connectivity index (χ1n) is 29.5. The molecule has 1 amide bonds. The number of aliphatic hydroxyl groups excluding tert-OH is 1. The number of phosphoric ester groups is 1. The van der Waals surface area contributed by atoms with Crippen LogP contribution in [0.1, 0.15) is 277 Å². The van der Waals surface area contributed by atoms with Crippen molar-refractivity contribution in [2.45, 2.75) is 289 Å². The van der Waals surface area contributed by atoms with Crippen molar-refractivity contribution < 1.29 is 32.9 Å². The van der Waals surface area contributed by atoms with Crippen LogP contribution in [0.15, 0.2) is 48.6 Å². The molecule has 0 aromatic heterocycles. The second-order valence-corrected chi connectivity index (χ2v) is 22.8. The van der Waals surface area contributed by atoms with Gasteiger partial charge in [0.1, 0.15) is 13.2 Å². The minimum atomic E-state index is -4.36. The molecule has 0 radical (unpaired) electrons. The van der Waals surface area contributed by atoms with Gasteiger partial charge in [0.15, 0.2) is 0 Å². The van der Waals surface area contributed by atoms with Crippen molar-refractivity contribution >= 4 is 13.7 Å². The van der Waals surface area contributed by atoms with Crippen LogP contribution < -0.4 is 5.32 Å². The fourth-order valence-electron chi connectivity index (χ4n) is 8.60. The summed E-state index contributed by atoms with van der Waals surface area (Å²) in [4.78, 5) is 23.3. The zero-order valence-electron chi connectivity index (χ0n) is 46.3. The molecule has 9 heteroatoms. The van der Waals surface area contributed by atoms with Crippen LogP contribution in [-0.2, 0) is 18.4 Å². The minimum Gasteiger partial charge on any atom is -0.387 e. The molecule has 0 aromatic rings. The fourth-order valence-corrected chi connectivity index (χ4v) is 9.34. The van der Waals surface area contributed by atoms with Gasteiger partial charge in [0.25, 0.3) is 0 Å². The van der Waals surface area contributed by atoms with Gasteiger partial charge in [-0.3, -0.25) is 13.8 Å². The number of phosphoric acid groups is 1. The minimum absolute atomic E-state index is 0.0532. The highest BCUT2D eigenvalue weighted by Crippen LogP contribution is 2.43. The summed E-state index contributed by atoms with van der Waals surface area (Å²) in [5.41, 5.74) is 0. The maximum atomic E-state index is 13.0. The number of carbonyl (C=O) groups excluding carboxylic acids is 1. The fraction of sp³-hybridized carbons (Fsp3) is 0.850. The Hall–Kier alpha value is -1.54. The topological polar surface area (TPSA) is 105 Å². The lowest BCUT2D eigenvalue weighted by molar-refractivity contribution is -0.870. The van der Waals surface area contributed by atoms with E-state index < -0.39 is 20.0 Å². The lowest BCUT2D eigenvalue weighted by atomic mass is 10.0. The number of unbranched alkanes of at least 4 members (excludes halogenated alkanes) is 35. The number of quaternary nitrogens is 1. The van der Waals surface area contributed by atoms with Crippen molar-refractivity contribution in [3.05, 3.63) is 48.6 Å². The Bertz CT molecular complexity index is 1260. The molecule has 8 nitrogen and oxygen atoms in total. The number of allylic oxidation sites excluding steroid dienone is 7. The highest BCUT2D eigenvalue weighted by Gasteiger charge is 2.27. The number of amides is 1. The predicted octanol–water partition coefficient (Wildman–Crippen LogP) is 17.9. The molecule has 0 aromatic carbocycles. The quantitative estimate of drug-likeness (QED) is 0.0243. The van der Waals surface area contributed by atoms with Crippen LogP contribution in [0.3, 0.4) is 0 Å². The molecule has 0 aliphatic rings. The number of aliphatic hydroxyl groups is 1. The first-order chi connectivity index (χ1) is 33.5. The lowest BCUT2D eigenvalue weighted by Crippen LogP contribution is -2.45. The standard InChI is InChI=1S/C60H115N2O6P/c1-6-8-10-12-14-16-18-20-22-24-26-28-29-30-31-32-33-34-36-38-40-42-44-46-48-50-52-54-60(64)61-58(57-68-69(65,66)67-56-55-62(3,4)5)59(63)53-51-49-47-45-43-41-39-37-35-27-25-23-21-19-17-15-13-11-9-7-2/h30-31,35,37,43,45,51,53,58-59,63H,6-29,32-34,36,38-42,44,46-50,52,54-57H2,1-5H3,(H-,61,64,65,66)/p+1/b31-30-,37-35+,45-43+,53-51+. The molecular weight excluding hydrogens is 876 g/mol. The van der Waals surface area contributed by atoms with E-state index in [9.17, 15) is 19.4 Å². The Morgan fingerprint density at radius 1 is 0.478 bits per heavy atom. The van der Waals surface area contributed by atoms with Crippen LogP contribution in [-0.4, -0.2) is 73.4 Å². The van der Waals surface area contributed by atoms with Gasteiger partial charge in [0.05, 0.1) is 39.9 Å². The first-order valence-corrected chi connectivity index (χ1v) is 31.0. The molecule has 0 saturated carbocycles. The lowest BCUT2D eigenvalue weighted by Gasteiger charge is -2.25. The van der Waals surface area contributed by atoms with Gasteiger partial charge in [0, 0.05) is 6.42 Å². The van der Waals surface area contributed by atoms with Gasteiger partial charge in [-0.2, -0.15) is 0 Å². The molecular formula is C60H116N2O6P+. The molecule has 69 heavy (non-hydrogen) atoms. The second kappa shape index (κ2) is 51.4. The van der Waals surface area contributed by atoms with Crippen LogP contribution in [0.25, 0.3) is 0 Å². The molecule has 0 rings (SSSR count). The number of hydrogen-bond acceptors (Lipinski definition) is 5. The Balaban J connectivity index is 4.23. The third-order valence-corrected chi connectivity index (χ3v) is 14.2. The zero-order chi connectivity index (χ0) is 50.6. The molecule has 3 N–H and O–H groups in total. The SMILES string of the molecule is CCCCCCCCCCCC/C=C/CC/C=C/CC/C=C/C(O)C(COP(=O)(O)OCC[N+](C)(C)C)NC(=O)CCCCCCCCCCCCC/C=C\CCCCCCCCCCCCCC. The van der Waals surface area contributed by atoms with Crippen molar-refractivity contribution in [1.82, 2.24) is 5.32 Å². The smallest absolute Gasteiger partial charge is 0.387 e. The van der Waals surface area contributed by atoms with Crippen molar-refractivity contribution in [1.29, 1.82) is 0 Å². The van der Waals surface area contributed by atoms with Crippen molar-refractivity contribution in [2.24, 2.45) is 0 Å². The van der Waals surface area contributed by atoms with Crippen molar-refractivity contribution in [3.8, 4) is 0 Å². The van der Waals surface area contributed by atoms with E-state index in [1.54, 1.807) is 6.08 Å². The van der Waals surface area contributed by atoms with Crippen LogP contribution in [0.2, 0.25) is 0 Å². The summed E-state index contributed by atoms with van der Waals surface area (Å²) in [6, 6.07) is -0.871. The molecule has 0 aliphatic heterocycles. The summed E-state index contributed by atoms with van der Waals surface area (Å²) in [5.74, 6) is -0.190. The van der Waals surface area contributed by atoms with E-state index in [0.717, 1.165) is 44.9 Å². The summed E-state index contributed by atoms with van der Waals surface area (Å²) in [7, 11) is 1.55. The largest absolute Gasteiger partial charge is 0.472 e. The molecule has 0 fully saturated rings. The number of carbonyl (C=O) groups is 1. The van der Waals surface area contributed by atoms with Gasteiger partial charge in [-0.15, -0.1) is 0 Å². The van der Waals surface area contributed by atoms with Gasteiger partial charge < -0.3 is 19.8 Å². The Labute approximate surface area is 429 Å². The van der Waals surface area contributed by atoms with Gasteiger partial charge in [0.2, 0.25) is 5.91 Å². The zero-order valence-corrected chi connectivity index (χ0v) is 47.2. The van der Waals surface area contributed by atoms with E-state index >= 15 is 0 Å². The summed E-state index contributed by atoms with van der Waals surface area (Å²) < 4.78 is 23.7. The maximum absolute atomic E-state index is 13.0. The van der Waals surface area contributed by atoms with E-state index in [-0.39, 0.29) is 19.1 Å². The molecule has 3 unspecified atom stereocenters. The molecule has 0 bridgehead atoms. The van der Waals surface area contributed by atoms with Crippen molar-refractivity contribution in [3.63, 3.8) is 0 Å². The average molecular weight is 993 g/mol. The Morgan fingerprint density at radius 3 is 1.16 bits per heavy atom. The van der Waals surface area contributed by atoms with Crippen LogP contribution in [0.4, 0.5) is 0 Å². The second-order valence-electron chi connectivity index (χ2n) is 21.3. The Kier molecular flexibility index (Phi) is 50.2. The molecule has 3 atom stereocenters. The maximum Gasteiger partial charge on any atom is 0.472 e. The van der Waals surface area contributed by atoms with E-state index in [1.165, 1.54) is 212 Å². The Morgan fingerprint density at radius 2 is 0.797 bits per heavy atom. The normalized spacial score (nSPS) is 14.2. The number of nitrogens with zero attached hydrogens (tertiary/aromatic N) is 1. The van der Waals surface area contributed by atoms with E-state index in [1.807, 2.05) is 27.2 Å². The first kappa shape index (κ1) is 67.5. The van der Waals surface area contributed by atoms with E-state index in [4.69, 9.17) is 9.05 Å². The van der Waals surface area contributed by atoms with Gasteiger partial charge in [-0.1, -0.05) is 249 Å². The highest BCUT2D eigenvalue weighted by atomic mass is 31.2. The van der Waals surface area contributed by atoms with Crippen LogP contribution >= 0.6 is 7.82 Å². The van der Waals surface area contributed by atoms with Crippen LogP contribution in [0, 0.1) is 0 Å². The average Bonchev–Trinajstić information content (AvgIpc) is 3.31. The predicted molar refractivity (Wildman–Crippen MR) is 300 cm³/mol. The number of nitrogens with one attached hydrogen (secondary N) is 1. The van der Waals surface area contributed by atoms with Gasteiger partial charge in [-0.05, 0) is 70.6 Å². The monoisotopic (exact) mass is 992 g/mol.